The van der Waals surface area contributed by atoms with Crippen LogP contribution in [0, 0.1) is 0 Å². The van der Waals surface area contributed by atoms with Crippen LogP contribution in [0.25, 0.3) is 0 Å². The topological polar surface area (TPSA) is 35.9 Å². The van der Waals surface area contributed by atoms with Gasteiger partial charge in [0.15, 0.2) is 0 Å². The maximum absolute atomic E-state index is 8.99. The van der Waals surface area contributed by atoms with Gasteiger partial charge in [-0.1, -0.05) is 0 Å². The van der Waals surface area contributed by atoms with Gasteiger partial charge in [-0.2, -0.15) is 0 Å². The van der Waals surface area contributed by atoms with Crippen molar-refractivity contribution in [3.05, 3.63) is 24.3 Å². The van der Waals surface area contributed by atoms with Gasteiger partial charge in [0.05, 0.1) is 13.2 Å². The third-order valence-corrected chi connectivity index (χ3v) is 3.75. The minimum Gasteiger partial charge on any atom is -0.494 e. The second-order valence-electron chi connectivity index (χ2n) is 5.02. The molecule has 1 fully saturated rings. The number of ether oxygens (including phenoxy) is 1. The van der Waals surface area contributed by atoms with Crippen LogP contribution in [0.2, 0.25) is 0 Å². The molecule has 1 unspecified atom stereocenters. The van der Waals surface area contributed by atoms with E-state index in [1.54, 1.807) is 0 Å². The maximum Gasteiger partial charge on any atom is 0.119 e. The van der Waals surface area contributed by atoms with Gasteiger partial charge in [-0.3, -0.25) is 4.90 Å². The molecule has 1 aliphatic rings. The number of hydrogen-bond acceptors (Lipinski definition) is 4. The van der Waals surface area contributed by atoms with Crippen LogP contribution in [0.4, 0.5) is 5.69 Å². The maximum atomic E-state index is 8.99. The van der Waals surface area contributed by atoms with E-state index < -0.39 is 0 Å². The molecule has 106 valence electrons. The molecule has 0 amide bonds. The summed E-state index contributed by atoms with van der Waals surface area (Å²) < 4.78 is 5.46. The number of benzene rings is 1. The number of aliphatic hydroxyl groups excluding tert-OH is 1. The predicted octanol–water partition coefficient (Wildman–Crippen LogP) is 1.59. The Balaban J connectivity index is 1.93. The Hall–Kier alpha value is -1.26. The summed E-state index contributed by atoms with van der Waals surface area (Å²) in [5.74, 6) is 0.930. The van der Waals surface area contributed by atoms with Crippen LogP contribution in [0.3, 0.4) is 0 Å². The Morgan fingerprint density at radius 2 is 2.11 bits per heavy atom. The fourth-order valence-corrected chi connectivity index (χ4v) is 2.60. The summed E-state index contributed by atoms with van der Waals surface area (Å²) in [6, 6.07) is 8.85. The van der Waals surface area contributed by atoms with Gasteiger partial charge < -0.3 is 14.7 Å². The molecule has 0 aliphatic carbocycles. The Labute approximate surface area is 115 Å². The highest BCUT2D eigenvalue weighted by atomic mass is 16.5. The van der Waals surface area contributed by atoms with E-state index in [2.05, 4.69) is 29.0 Å². The van der Waals surface area contributed by atoms with Crippen LogP contribution in [0.5, 0.6) is 5.75 Å². The Bertz CT molecular complexity index is 380. The normalized spacial score (nSPS) is 19.2. The molecule has 0 radical (unpaired) electrons. The third-order valence-electron chi connectivity index (χ3n) is 3.75. The first-order valence-corrected chi connectivity index (χ1v) is 7.03. The molecule has 1 atom stereocenters. The van der Waals surface area contributed by atoms with Gasteiger partial charge in [-0.15, -0.1) is 0 Å². The molecule has 0 bridgehead atoms. The summed E-state index contributed by atoms with van der Waals surface area (Å²) in [7, 11) is 2.09. The molecule has 0 saturated carbocycles. The molecule has 0 spiro atoms. The van der Waals surface area contributed by atoms with Crippen LogP contribution in [0.15, 0.2) is 24.3 Å². The largest absolute Gasteiger partial charge is 0.494 e. The van der Waals surface area contributed by atoms with Gasteiger partial charge in [0.25, 0.3) is 0 Å². The van der Waals surface area contributed by atoms with Crippen LogP contribution in [-0.2, 0) is 0 Å². The molecule has 1 saturated heterocycles. The zero-order valence-electron chi connectivity index (χ0n) is 11.9. The van der Waals surface area contributed by atoms with Gasteiger partial charge in [0.1, 0.15) is 5.75 Å². The van der Waals surface area contributed by atoms with Crippen molar-refractivity contribution in [3.8, 4) is 5.75 Å². The summed E-state index contributed by atoms with van der Waals surface area (Å²) >= 11 is 0. The van der Waals surface area contributed by atoms with Crippen molar-refractivity contribution in [2.24, 2.45) is 0 Å². The molecular weight excluding hydrogens is 240 g/mol. The smallest absolute Gasteiger partial charge is 0.119 e. The van der Waals surface area contributed by atoms with Crippen molar-refractivity contribution in [1.29, 1.82) is 0 Å². The number of likely N-dealkylation sites (N-methyl/N-ethyl adjacent to an activating group) is 1. The Morgan fingerprint density at radius 1 is 1.37 bits per heavy atom. The van der Waals surface area contributed by atoms with Gasteiger partial charge >= 0.3 is 0 Å². The summed E-state index contributed by atoms with van der Waals surface area (Å²) in [6.45, 7) is 5.80. The average Bonchev–Trinajstić information content (AvgIpc) is 2.90. The second kappa shape index (κ2) is 6.78. The lowest BCUT2D eigenvalue weighted by molar-refractivity contribution is 0.188. The van der Waals surface area contributed by atoms with Gasteiger partial charge in [0.2, 0.25) is 0 Å². The molecule has 0 aromatic heterocycles. The van der Waals surface area contributed by atoms with Crippen LogP contribution < -0.4 is 9.64 Å². The molecule has 1 aromatic carbocycles. The average molecular weight is 264 g/mol. The van der Waals surface area contributed by atoms with E-state index in [-0.39, 0.29) is 6.61 Å². The first-order chi connectivity index (χ1) is 9.24. The first-order valence-electron chi connectivity index (χ1n) is 7.03. The molecule has 4 nitrogen and oxygen atoms in total. The van der Waals surface area contributed by atoms with Crippen LogP contribution in [0.1, 0.15) is 13.3 Å². The van der Waals surface area contributed by atoms with E-state index in [4.69, 9.17) is 9.84 Å². The Kier molecular flexibility index (Phi) is 5.05. The Morgan fingerprint density at radius 3 is 2.74 bits per heavy atom. The van der Waals surface area contributed by atoms with Crippen molar-refractivity contribution < 1.29 is 9.84 Å². The van der Waals surface area contributed by atoms with E-state index in [1.165, 1.54) is 5.69 Å². The molecule has 1 heterocycles. The summed E-state index contributed by atoms with van der Waals surface area (Å²) in [5.41, 5.74) is 1.25. The van der Waals surface area contributed by atoms with E-state index in [1.807, 2.05) is 19.1 Å². The molecule has 2 rings (SSSR count). The van der Waals surface area contributed by atoms with E-state index in [0.29, 0.717) is 12.6 Å². The number of nitrogens with zero attached hydrogens (tertiary/aromatic N) is 2. The summed E-state index contributed by atoms with van der Waals surface area (Å²) in [5, 5.41) is 8.99. The first kappa shape index (κ1) is 14.2. The van der Waals surface area contributed by atoms with Crippen molar-refractivity contribution in [1.82, 2.24) is 4.90 Å². The zero-order chi connectivity index (χ0) is 13.7. The van der Waals surface area contributed by atoms with Crippen molar-refractivity contribution in [2.75, 3.05) is 44.8 Å². The highest BCUT2D eigenvalue weighted by Crippen LogP contribution is 2.24. The highest BCUT2D eigenvalue weighted by Gasteiger charge is 2.25. The van der Waals surface area contributed by atoms with Crippen molar-refractivity contribution in [2.45, 2.75) is 19.4 Å². The SMILES string of the molecule is CCOc1ccc(N2CCC(N(C)CCO)C2)cc1. The van der Waals surface area contributed by atoms with Crippen molar-refractivity contribution >= 4 is 5.69 Å². The molecule has 1 aliphatic heterocycles. The fraction of sp³-hybridized carbons (Fsp3) is 0.600. The molecular formula is C15H24N2O2. The number of aliphatic hydroxyl groups is 1. The molecule has 19 heavy (non-hydrogen) atoms. The molecule has 4 heteroatoms. The fourth-order valence-electron chi connectivity index (χ4n) is 2.60. The molecule has 1 aromatic rings. The lowest BCUT2D eigenvalue weighted by Gasteiger charge is -2.24. The summed E-state index contributed by atoms with van der Waals surface area (Å²) in [4.78, 5) is 4.64. The van der Waals surface area contributed by atoms with Gasteiger partial charge in [-0.25, -0.2) is 0 Å². The lowest BCUT2D eigenvalue weighted by atomic mass is 10.2. The highest BCUT2D eigenvalue weighted by molar-refractivity contribution is 5.50. The number of rotatable bonds is 6. The van der Waals surface area contributed by atoms with E-state index >= 15 is 0 Å². The van der Waals surface area contributed by atoms with E-state index in [0.717, 1.165) is 31.8 Å². The third kappa shape index (κ3) is 3.61. The van der Waals surface area contributed by atoms with Crippen LogP contribution >= 0.6 is 0 Å². The minimum absolute atomic E-state index is 0.232. The summed E-state index contributed by atoms with van der Waals surface area (Å²) in [6.07, 6.45) is 1.16. The zero-order valence-corrected chi connectivity index (χ0v) is 11.9. The molecule has 1 N–H and O–H groups in total. The standard InChI is InChI=1S/C15H24N2O2/c1-3-19-15-6-4-13(5-7-15)17-9-8-14(12-17)16(2)10-11-18/h4-7,14,18H,3,8-12H2,1-2H3. The van der Waals surface area contributed by atoms with Crippen LogP contribution in [-0.4, -0.2) is 55.9 Å². The minimum atomic E-state index is 0.232. The second-order valence-corrected chi connectivity index (χ2v) is 5.02. The quantitative estimate of drug-likeness (QED) is 0.846. The van der Waals surface area contributed by atoms with Gasteiger partial charge in [0, 0.05) is 31.4 Å². The van der Waals surface area contributed by atoms with Gasteiger partial charge in [-0.05, 0) is 44.7 Å². The lowest BCUT2D eigenvalue weighted by Crippen LogP contribution is -2.36. The number of anilines is 1. The predicted molar refractivity (Wildman–Crippen MR) is 77.9 cm³/mol. The van der Waals surface area contributed by atoms with E-state index in [9.17, 15) is 0 Å². The number of hydrogen-bond donors (Lipinski definition) is 1. The monoisotopic (exact) mass is 264 g/mol. The van der Waals surface area contributed by atoms with Crippen molar-refractivity contribution in [3.63, 3.8) is 0 Å².